The fourth-order valence-electron chi connectivity index (χ4n) is 2.20. The van der Waals surface area contributed by atoms with E-state index in [0.717, 1.165) is 12.8 Å². The van der Waals surface area contributed by atoms with Crippen molar-refractivity contribution in [2.24, 2.45) is 0 Å². The van der Waals surface area contributed by atoms with E-state index in [2.05, 4.69) is 5.32 Å². The molecule has 0 atom stereocenters. The molecule has 1 saturated heterocycles. The van der Waals surface area contributed by atoms with E-state index in [4.69, 9.17) is 11.6 Å². The molecule has 1 amide bonds. The van der Waals surface area contributed by atoms with E-state index in [1.54, 1.807) is 0 Å². The monoisotopic (exact) mass is 339 g/mol. The van der Waals surface area contributed by atoms with Gasteiger partial charge in [0.1, 0.15) is 0 Å². The average Bonchev–Trinajstić information content (AvgIpc) is 2.46. The smallest absolute Gasteiger partial charge is 0.234 e. The van der Waals surface area contributed by atoms with Gasteiger partial charge >= 0.3 is 0 Å². The van der Waals surface area contributed by atoms with Crippen molar-refractivity contribution >= 4 is 27.5 Å². The molecule has 0 radical (unpaired) electrons. The number of carbonyl (C=O) groups excluding carboxylic acids is 1. The third-order valence-electron chi connectivity index (χ3n) is 3.45. The van der Waals surface area contributed by atoms with E-state index >= 15 is 0 Å². The Bertz CT molecular complexity index is 409. The van der Waals surface area contributed by atoms with Gasteiger partial charge in [-0.15, -0.1) is 11.6 Å². The van der Waals surface area contributed by atoms with Gasteiger partial charge in [-0.25, -0.2) is 8.42 Å². The van der Waals surface area contributed by atoms with Crippen LogP contribution in [0.15, 0.2) is 0 Å². The molecule has 0 aromatic carbocycles. The molecule has 0 aromatic heterocycles. The third kappa shape index (κ3) is 6.95. The van der Waals surface area contributed by atoms with Crippen molar-refractivity contribution in [1.82, 2.24) is 14.5 Å². The Hall–Kier alpha value is -0.370. The number of hydrogen-bond donors (Lipinski definition) is 1. The van der Waals surface area contributed by atoms with Crippen LogP contribution >= 0.6 is 11.6 Å². The molecule has 1 aliphatic rings. The van der Waals surface area contributed by atoms with Crippen LogP contribution in [0.2, 0.25) is 0 Å². The van der Waals surface area contributed by atoms with Crippen LogP contribution in [-0.4, -0.2) is 74.4 Å². The van der Waals surface area contributed by atoms with Gasteiger partial charge in [0.2, 0.25) is 15.9 Å². The van der Waals surface area contributed by atoms with Crippen molar-refractivity contribution in [3.8, 4) is 0 Å². The van der Waals surface area contributed by atoms with Gasteiger partial charge in [-0.3, -0.25) is 9.69 Å². The van der Waals surface area contributed by atoms with Crippen LogP contribution in [0.25, 0.3) is 0 Å². The Kier molecular flexibility index (Phi) is 8.55. The first-order chi connectivity index (χ1) is 9.99. The Balaban J connectivity index is 2.32. The second-order valence-electron chi connectivity index (χ2n) is 5.24. The summed E-state index contributed by atoms with van der Waals surface area (Å²) in [7, 11) is -3.17. The molecule has 8 heteroatoms. The lowest BCUT2D eigenvalue weighted by Gasteiger charge is -2.33. The van der Waals surface area contributed by atoms with Crippen molar-refractivity contribution in [2.45, 2.75) is 26.2 Å². The van der Waals surface area contributed by atoms with Gasteiger partial charge < -0.3 is 5.32 Å². The zero-order valence-corrected chi connectivity index (χ0v) is 14.3. The fourth-order valence-corrected chi connectivity index (χ4v) is 3.93. The Labute approximate surface area is 132 Å². The van der Waals surface area contributed by atoms with Crippen LogP contribution in [-0.2, 0) is 14.8 Å². The summed E-state index contributed by atoms with van der Waals surface area (Å²) in [4.78, 5) is 13.6. The lowest BCUT2D eigenvalue weighted by Crippen LogP contribution is -2.51. The molecule has 0 aromatic rings. The van der Waals surface area contributed by atoms with E-state index in [-0.39, 0.29) is 11.7 Å². The number of unbranched alkanes of at least 4 members (excludes halogenated alkanes) is 1. The number of rotatable bonds is 9. The van der Waals surface area contributed by atoms with Crippen molar-refractivity contribution in [3.05, 3.63) is 0 Å². The maximum absolute atomic E-state index is 12.1. The molecule has 0 spiro atoms. The first-order valence-corrected chi connectivity index (χ1v) is 9.67. The highest BCUT2D eigenvalue weighted by Crippen LogP contribution is 2.10. The molecule has 6 nitrogen and oxygen atoms in total. The first-order valence-electron chi connectivity index (χ1n) is 7.52. The number of carbonyl (C=O) groups is 1. The summed E-state index contributed by atoms with van der Waals surface area (Å²) >= 11 is 5.57. The summed E-state index contributed by atoms with van der Waals surface area (Å²) < 4.78 is 25.8. The van der Waals surface area contributed by atoms with Crippen LogP contribution in [0.1, 0.15) is 26.2 Å². The van der Waals surface area contributed by atoms with Gasteiger partial charge in [-0.2, -0.15) is 4.31 Å². The number of halogens is 1. The first kappa shape index (κ1) is 18.7. The molecule has 1 N–H and O–H groups in total. The molecule has 0 bridgehead atoms. The minimum Gasteiger partial charge on any atom is -0.355 e. The standard InChI is InChI=1S/C13H26ClN3O3S/c1-2-6-15-13(18)12-16-7-9-17(10-8-16)21(19,20)11-4-3-5-14/h2-12H2,1H3,(H,15,18). The van der Waals surface area contributed by atoms with Crippen molar-refractivity contribution in [3.63, 3.8) is 0 Å². The number of sulfonamides is 1. The normalized spacial score (nSPS) is 17.8. The number of piperazine rings is 1. The quantitative estimate of drug-likeness (QED) is 0.490. The second kappa shape index (κ2) is 9.61. The number of nitrogens with one attached hydrogen (secondary N) is 1. The number of nitrogens with zero attached hydrogens (tertiary/aromatic N) is 2. The Morgan fingerprint density at radius 3 is 2.43 bits per heavy atom. The minimum absolute atomic E-state index is 0.00951. The molecule has 1 heterocycles. The summed E-state index contributed by atoms with van der Waals surface area (Å²) in [5, 5.41) is 2.83. The van der Waals surface area contributed by atoms with Gasteiger partial charge in [-0.1, -0.05) is 6.92 Å². The molecule has 0 aliphatic carbocycles. The van der Waals surface area contributed by atoms with Crippen molar-refractivity contribution in [2.75, 3.05) is 50.9 Å². The van der Waals surface area contributed by atoms with Crippen LogP contribution < -0.4 is 5.32 Å². The summed E-state index contributed by atoms with van der Waals surface area (Å²) in [5.74, 6) is 0.669. The zero-order valence-electron chi connectivity index (χ0n) is 12.7. The highest BCUT2D eigenvalue weighted by molar-refractivity contribution is 7.89. The lowest BCUT2D eigenvalue weighted by atomic mass is 10.3. The summed E-state index contributed by atoms with van der Waals surface area (Å²) in [6.07, 6.45) is 2.24. The molecule has 1 fully saturated rings. The number of alkyl halides is 1. The van der Waals surface area contributed by atoms with E-state index in [1.807, 2.05) is 11.8 Å². The van der Waals surface area contributed by atoms with E-state index in [1.165, 1.54) is 4.31 Å². The highest BCUT2D eigenvalue weighted by atomic mass is 35.5. The number of hydrogen-bond acceptors (Lipinski definition) is 4. The molecular formula is C13H26ClN3O3S. The lowest BCUT2D eigenvalue weighted by molar-refractivity contribution is -0.122. The highest BCUT2D eigenvalue weighted by Gasteiger charge is 2.26. The summed E-state index contributed by atoms with van der Waals surface area (Å²) in [6, 6.07) is 0. The number of amides is 1. The second-order valence-corrected chi connectivity index (χ2v) is 7.70. The Morgan fingerprint density at radius 1 is 1.19 bits per heavy atom. The van der Waals surface area contributed by atoms with E-state index in [9.17, 15) is 13.2 Å². The zero-order chi connectivity index (χ0) is 15.7. The predicted octanol–water partition coefficient (Wildman–Crippen LogP) is 0.479. The molecule has 21 heavy (non-hydrogen) atoms. The topological polar surface area (TPSA) is 69.7 Å². The van der Waals surface area contributed by atoms with Crippen molar-refractivity contribution < 1.29 is 13.2 Å². The largest absolute Gasteiger partial charge is 0.355 e. The van der Waals surface area contributed by atoms with Crippen LogP contribution in [0.4, 0.5) is 0 Å². The molecule has 1 rings (SSSR count). The molecule has 0 unspecified atom stereocenters. The summed E-state index contributed by atoms with van der Waals surface area (Å²) in [6.45, 7) is 5.18. The third-order valence-corrected chi connectivity index (χ3v) is 5.67. The van der Waals surface area contributed by atoms with Gasteiger partial charge in [0, 0.05) is 38.6 Å². The SMILES string of the molecule is CCCNC(=O)CN1CCN(S(=O)(=O)CCCCCl)CC1. The molecular weight excluding hydrogens is 314 g/mol. The predicted molar refractivity (Wildman–Crippen MR) is 85.1 cm³/mol. The van der Waals surface area contributed by atoms with Crippen LogP contribution in [0.3, 0.4) is 0 Å². The minimum atomic E-state index is -3.17. The van der Waals surface area contributed by atoms with Gasteiger partial charge in [0.15, 0.2) is 0 Å². The molecule has 124 valence electrons. The fraction of sp³-hybridized carbons (Fsp3) is 0.923. The van der Waals surface area contributed by atoms with Crippen LogP contribution in [0, 0.1) is 0 Å². The van der Waals surface area contributed by atoms with Crippen LogP contribution in [0.5, 0.6) is 0 Å². The van der Waals surface area contributed by atoms with Gasteiger partial charge in [0.25, 0.3) is 0 Å². The Morgan fingerprint density at radius 2 is 1.86 bits per heavy atom. The van der Waals surface area contributed by atoms with E-state index in [0.29, 0.717) is 51.6 Å². The average molecular weight is 340 g/mol. The maximum Gasteiger partial charge on any atom is 0.234 e. The van der Waals surface area contributed by atoms with Gasteiger partial charge in [-0.05, 0) is 19.3 Å². The maximum atomic E-state index is 12.1. The van der Waals surface area contributed by atoms with Crippen molar-refractivity contribution in [1.29, 1.82) is 0 Å². The summed E-state index contributed by atoms with van der Waals surface area (Å²) in [5.41, 5.74) is 0. The molecule has 0 saturated carbocycles. The molecule has 1 aliphatic heterocycles. The van der Waals surface area contributed by atoms with Gasteiger partial charge in [0.05, 0.1) is 12.3 Å². The van der Waals surface area contributed by atoms with E-state index < -0.39 is 10.0 Å².